The molecule has 0 spiro atoms. The molecule has 4 aliphatic carbocycles. The van der Waals surface area contributed by atoms with Gasteiger partial charge in [0.15, 0.2) is 5.78 Å². The molecule has 1 unspecified atom stereocenters. The maximum Gasteiger partial charge on any atom is 0.155 e. The third-order valence-electron chi connectivity index (χ3n) is 7.59. The van der Waals surface area contributed by atoms with E-state index in [-0.39, 0.29) is 10.8 Å². The van der Waals surface area contributed by atoms with Crippen LogP contribution >= 0.6 is 0 Å². The molecule has 0 amide bonds. The average Bonchev–Trinajstić information content (AvgIpc) is 2.77. The number of rotatable bonds is 0. The summed E-state index contributed by atoms with van der Waals surface area (Å²) >= 11 is 0. The quantitative estimate of drug-likeness (QED) is 0.626. The van der Waals surface area contributed by atoms with Crippen LogP contribution in [0.2, 0.25) is 0 Å². The van der Waals surface area contributed by atoms with Crippen LogP contribution in [0, 0.1) is 28.6 Å². The van der Waals surface area contributed by atoms with Gasteiger partial charge < -0.3 is 0 Å². The second-order valence-electron chi connectivity index (χ2n) is 8.44. The monoisotopic (exact) mass is 298 g/mol. The summed E-state index contributed by atoms with van der Waals surface area (Å²) in [6, 6.07) is 0. The molecule has 2 fully saturated rings. The average molecular weight is 298 g/mol. The highest BCUT2D eigenvalue weighted by atomic mass is 16.1. The first-order valence-electron chi connectivity index (χ1n) is 8.85. The number of hydrogen-bond acceptors (Lipinski definition) is 2. The van der Waals surface area contributed by atoms with Crippen LogP contribution in [0.15, 0.2) is 23.3 Å². The SMILES string of the molecule is CC1CC(=O)C=C2CC[C@@H]3C(=CC[C@]4(C)C(=O)CC[C@@H]34)[C@]21C. The Kier molecular flexibility index (Phi) is 2.90. The smallest absolute Gasteiger partial charge is 0.155 e. The summed E-state index contributed by atoms with van der Waals surface area (Å²) in [7, 11) is 0. The molecule has 0 aliphatic heterocycles. The third-order valence-corrected chi connectivity index (χ3v) is 7.59. The van der Waals surface area contributed by atoms with Crippen LogP contribution in [0.5, 0.6) is 0 Å². The number of ketones is 2. The van der Waals surface area contributed by atoms with Gasteiger partial charge >= 0.3 is 0 Å². The van der Waals surface area contributed by atoms with Crippen molar-refractivity contribution in [1.29, 1.82) is 0 Å². The Labute approximate surface area is 133 Å². The first kappa shape index (κ1) is 14.4. The summed E-state index contributed by atoms with van der Waals surface area (Å²) in [4.78, 5) is 24.4. The highest BCUT2D eigenvalue weighted by Crippen LogP contribution is 2.63. The second kappa shape index (κ2) is 4.43. The molecule has 2 heteroatoms. The molecule has 0 bridgehead atoms. The fourth-order valence-corrected chi connectivity index (χ4v) is 5.99. The molecule has 0 saturated heterocycles. The van der Waals surface area contributed by atoms with Gasteiger partial charge in [-0.25, -0.2) is 0 Å². The van der Waals surface area contributed by atoms with E-state index in [9.17, 15) is 9.59 Å². The molecule has 5 atom stereocenters. The summed E-state index contributed by atoms with van der Waals surface area (Å²) in [6.45, 7) is 6.79. The van der Waals surface area contributed by atoms with E-state index >= 15 is 0 Å². The molecule has 0 heterocycles. The van der Waals surface area contributed by atoms with Gasteiger partial charge in [-0.2, -0.15) is 0 Å². The van der Waals surface area contributed by atoms with Crippen LogP contribution < -0.4 is 0 Å². The summed E-state index contributed by atoms with van der Waals surface area (Å²) in [6.07, 6.45) is 9.91. The zero-order chi connectivity index (χ0) is 15.7. The summed E-state index contributed by atoms with van der Waals surface area (Å²) in [5.41, 5.74) is 2.86. The molecule has 2 nitrogen and oxygen atoms in total. The van der Waals surface area contributed by atoms with Crippen molar-refractivity contribution in [3.63, 3.8) is 0 Å². The topological polar surface area (TPSA) is 34.1 Å². The zero-order valence-corrected chi connectivity index (χ0v) is 13.9. The third kappa shape index (κ3) is 1.62. The number of carbonyl (C=O) groups is 2. The zero-order valence-electron chi connectivity index (χ0n) is 13.9. The molecule has 4 aliphatic rings. The lowest BCUT2D eigenvalue weighted by Gasteiger charge is -2.54. The van der Waals surface area contributed by atoms with Crippen LogP contribution in [0.4, 0.5) is 0 Å². The molecule has 0 N–H and O–H groups in total. The minimum Gasteiger partial charge on any atom is -0.299 e. The van der Waals surface area contributed by atoms with E-state index in [1.165, 1.54) is 5.57 Å². The minimum absolute atomic E-state index is 0.0593. The number of hydrogen-bond donors (Lipinski definition) is 0. The number of fused-ring (bicyclic) bond motifs is 5. The van der Waals surface area contributed by atoms with Crippen molar-refractivity contribution in [3.05, 3.63) is 23.3 Å². The molecule has 0 radical (unpaired) electrons. The Balaban J connectivity index is 1.81. The molecular formula is C20H26O2. The largest absolute Gasteiger partial charge is 0.299 e. The predicted octanol–water partition coefficient (Wildman–Crippen LogP) is 4.25. The fourth-order valence-electron chi connectivity index (χ4n) is 5.99. The summed E-state index contributed by atoms with van der Waals surface area (Å²) < 4.78 is 0. The Morgan fingerprint density at radius 3 is 2.68 bits per heavy atom. The van der Waals surface area contributed by atoms with Crippen molar-refractivity contribution in [2.24, 2.45) is 28.6 Å². The van der Waals surface area contributed by atoms with Gasteiger partial charge in [0, 0.05) is 23.7 Å². The molecule has 22 heavy (non-hydrogen) atoms. The van der Waals surface area contributed by atoms with Gasteiger partial charge in [-0.3, -0.25) is 9.59 Å². The van der Waals surface area contributed by atoms with Crippen molar-refractivity contribution in [2.45, 2.75) is 59.3 Å². The molecular weight excluding hydrogens is 272 g/mol. The van der Waals surface area contributed by atoms with E-state index in [2.05, 4.69) is 26.8 Å². The van der Waals surface area contributed by atoms with E-state index in [0.29, 0.717) is 35.7 Å². The molecule has 0 aromatic carbocycles. The maximum atomic E-state index is 12.4. The van der Waals surface area contributed by atoms with Gasteiger partial charge in [-0.15, -0.1) is 0 Å². The molecule has 0 aromatic rings. The molecule has 118 valence electrons. The van der Waals surface area contributed by atoms with Gasteiger partial charge in [0.1, 0.15) is 5.78 Å². The number of Topliss-reactive ketones (excluding diaryl/α,β-unsaturated/α-hetero) is 1. The highest BCUT2D eigenvalue weighted by molar-refractivity contribution is 5.92. The van der Waals surface area contributed by atoms with Crippen LogP contribution in [0.1, 0.15) is 59.3 Å². The maximum absolute atomic E-state index is 12.4. The van der Waals surface area contributed by atoms with E-state index in [4.69, 9.17) is 0 Å². The fraction of sp³-hybridized carbons (Fsp3) is 0.700. The predicted molar refractivity (Wildman–Crippen MR) is 86.2 cm³/mol. The number of allylic oxidation sites excluding steroid dienone is 4. The van der Waals surface area contributed by atoms with E-state index in [1.54, 1.807) is 5.57 Å². The lowest BCUT2D eigenvalue weighted by atomic mass is 9.49. The number of carbonyl (C=O) groups excluding carboxylic acids is 2. The summed E-state index contributed by atoms with van der Waals surface area (Å²) in [5, 5.41) is 0. The second-order valence-corrected chi connectivity index (χ2v) is 8.44. The van der Waals surface area contributed by atoms with Gasteiger partial charge in [-0.1, -0.05) is 38.0 Å². The van der Waals surface area contributed by atoms with Gasteiger partial charge in [0.2, 0.25) is 0 Å². The van der Waals surface area contributed by atoms with Crippen LogP contribution in [0.3, 0.4) is 0 Å². The van der Waals surface area contributed by atoms with Crippen LogP contribution in [-0.4, -0.2) is 11.6 Å². The first-order chi connectivity index (χ1) is 10.4. The lowest BCUT2D eigenvalue weighted by Crippen LogP contribution is -2.47. The minimum atomic E-state index is -0.112. The Hall–Kier alpha value is -1.18. The molecule has 4 rings (SSSR count). The van der Waals surface area contributed by atoms with Crippen molar-refractivity contribution >= 4 is 11.6 Å². The highest BCUT2D eigenvalue weighted by Gasteiger charge is 2.56. The van der Waals surface area contributed by atoms with Crippen molar-refractivity contribution in [1.82, 2.24) is 0 Å². The van der Waals surface area contributed by atoms with Crippen molar-refractivity contribution < 1.29 is 9.59 Å². The Morgan fingerprint density at radius 2 is 1.91 bits per heavy atom. The Morgan fingerprint density at radius 1 is 1.14 bits per heavy atom. The van der Waals surface area contributed by atoms with E-state index < -0.39 is 0 Å². The Bertz CT molecular complexity index is 626. The standard InChI is InChI=1S/C20H26O2/c1-12-10-14(21)11-13-4-5-15-16-6-7-18(22)19(16,2)9-8-17(15)20(12,13)3/h8,11-12,15-16H,4-7,9-10H2,1-3H3/t12?,15-,16-,19-,20-/m0/s1. The van der Waals surface area contributed by atoms with E-state index in [1.807, 2.05) is 6.08 Å². The van der Waals surface area contributed by atoms with Crippen LogP contribution in [-0.2, 0) is 9.59 Å². The lowest BCUT2D eigenvalue weighted by molar-refractivity contribution is -0.127. The summed E-state index contributed by atoms with van der Waals surface area (Å²) in [5.74, 6) is 2.25. The van der Waals surface area contributed by atoms with Gasteiger partial charge in [-0.05, 0) is 49.5 Å². The van der Waals surface area contributed by atoms with Crippen LogP contribution in [0.25, 0.3) is 0 Å². The first-order valence-corrected chi connectivity index (χ1v) is 8.85. The van der Waals surface area contributed by atoms with Gasteiger partial charge in [0.25, 0.3) is 0 Å². The van der Waals surface area contributed by atoms with Crippen molar-refractivity contribution in [2.75, 3.05) is 0 Å². The normalized spacial score (nSPS) is 47.3. The molecule has 2 saturated carbocycles. The van der Waals surface area contributed by atoms with Crippen molar-refractivity contribution in [3.8, 4) is 0 Å². The van der Waals surface area contributed by atoms with E-state index in [0.717, 1.165) is 32.1 Å². The molecule has 0 aromatic heterocycles. The van der Waals surface area contributed by atoms with Gasteiger partial charge in [0.05, 0.1) is 0 Å².